The van der Waals surface area contributed by atoms with E-state index in [-0.39, 0.29) is 13.4 Å². The molecule has 0 aliphatic carbocycles. The van der Waals surface area contributed by atoms with E-state index >= 15 is 0 Å². The Labute approximate surface area is 213 Å². The lowest BCUT2D eigenvalue weighted by atomic mass is 9.20. The van der Waals surface area contributed by atoms with Crippen LogP contribution in [0.2, 0.25) is 0 Å². The molecule has 7 rings (SSSR count). The normalized spacial score (nSPS) is 12.6. The van der Waals surface area contributed by atoms with Gasteiger partial charge in [-0.3, -0.25) is 0 Å². The van der Waals surface area contributed by atoms with Crippen LogP contribution in [-0.2, 0) is 0 Å². The van der Waals surface area contributed by atoms with Gasteiger partial charge in [-0.15, -0.1) is 0 Å². The lowest BCUT2D eigenvalue weighted by Gasteiger charge is -2.33. The van der Waals surface area contributed by atoms with Crippen LogP contribution in [0, 0.1) is 13.8 Å². The number of hydrogen-bond acceptors (Lipinski definition) is 0. The molecule has 0 nitrogen and oxygen atoms in total. The van der Waals surface area contributed by atoms with E-state index in [1.54, 1.807) is 0 Å². The second-order valence-electron chi connectivity index (χ2n) is 10.1. The lowest BCUT2D eigenvalue weighted by molar-refractivity contribution is 1.56. The summed E-state index contributed by atoms with van der Waals surface area (Å²) < 4.78 is 0. The van der Waals surface area contributed by atoms with Gasteiger partial charge in [0.15, 0.2) is 0 Å². The molecule has 0 N–H and O–H groups in total. The summed E-state index contributed by atoms with van der Waals surface area (Å²) in [5.74, 6) is 0. The minimum atomic E-state index is 0.221. The number of aryl methyl sites for hydroxylation is 2. The van der Waals surface area contributed by atoms with Crippen molar-refractivity contribution in [3.63, 3.8) is 0 Å². The second kappa shape index (κ2) is 8.28. The van der Waals surface area contributed by atoms with Crippen molar-refractivity contribution in [3.05, 3.63) is 132 Å². The highest BCUT2D eigenvalue weighted by Gasteiger charge is 2.39. The van der Waals surface area contributed by atoms with E-state index in [1.807, 2.05) is 0 Å². The Morgan fingerprint density at radius 2 is 0.667 bits per heavy atom. The molecule has 6 aromatic carbocycles. The van der Waals surface area contributed by atoms with Crippen LogP contribution in [-0.4, -0.2) is 13.4 Å². The van der Waals surface area contributed by atoms with Gasteiger partial charge >= 0.3 is 0 Å². The van der Waals surface area contributed by atoms with Crippen LogP contribution in [0.25, 0.3) is 21.5 Å². The van der Waals surface area contributed by atoms with Crippen molar-refractivity contribution < 1.29 is 0 Å². The first kappa shape index (κ1) is 21.3. The molecule has 0 atom stereocenters. The molecule has 0 fully saturated rings. The zero-order valence-corrected chi connectivity index (χ0v) is 20.7. The third-order valence-electron chi connectivity index (χ3n) is 8.34. The fraction of sp³-hybridized carbons (Fsp3) is 0.0588. The maximum Gasteiger partial charge on any atom is 0.240 e. The molecule has 36 heavy (non-hydrogen) atoms. The first-order chi connectivity index (χ1) is 17.7. The highest BCUT2D eigenvalue weighted by atomic mass is 14.1. The van der Waals surface area contributed by atoms with Crippen molar-refractivity contribution in [2.75, 3.05) is 0 Å². The Balaban J connectivity index is 1.51. The maximum absolute atomic E-state index is 2.36. The van der Waals surface area contributed by atoms with Crippen molar-refractivity contribution in [2.45, 2.75) is 13.8 Å². The van der Waals surface area contributed by atoms with Crippen LogP contribution in [0.1, 0.15) is 11.1 Å². The largest absolute Gasteiger partial charge is 0.240 e. The summed E-state index contributed by atoms with van der Waals surface area (Å²) in [7, 11) is 0. The van der Waals surface area contributed by atoms with Gasteiger partial charge in [-0.25, -0.2) is 0 Å². The molecule has 0 aromatic heterocycles. The number of benzene rings is 6. The van der Waals surface area contributed by atoms with Gasteiger partial charge in [0.1, 0.15) is 0 Å². The summed E-state index contributed by atoms with van der Waals surface area (Å²) >= 11 is 0. The molecule has 0 bridgehead atoms. The van der Waals surface area contributed by atoms with E-state index in [0.717, 1.165) is 0 Å². The standard InChI is InChI=1S/C34H26B2/c1-23-27-13-5-3-11-25(27)19-21-29(23)35-31-15-7-9-17-33(31)36(34-18-10-8-16-32(34)35)30-22-20-26-12-4-6-14-28(26)24(30)2/h3-22H,1-2H3. The Hall–Kier alpha value is -4.03. The van der Waals surface area contributed by atoms with Crippen molar-refractivity contribution in [3.8, 4) is 0 Å². The zero-order valence-electron chi connectivity index (χ0n) is 20.7. The van der Waals surface area contributed by atoms with Crippen molar-refractivity contribution in [2.24, 2.45) is 0 Å². The third-order valence-corrected chi connectivity index (χ3v) is 8.34. The Bertz CT molecular complexity index is 1600. The Morgan fingerprint density at radius 1 is 0.333 bits per heavy atom. The summed E-state index contributed by atoms with van der Waals surface area (Å²) in [5, 5.41) is 5.30. The number of rotatable bonds is 2. The van der Waals surface area contributed by atoms with Gasteiger partial charge in [0, 0.05) is 0 Å². The molecular weight excluding hydrogens is 430 g/mol. The molecule has 1 heterocycles. The Kier molecular flexibility index (Phi) is 4.89. The van der Waals surface area contributed by atoms with Crippen molar-refractivity contribution in [1.29, 1.82) is 0 Å². The van der Waals surface area contributed by atoms with E-state index in [1.165, 1.54) is 65.4 Å². The van der Waals surface area contributed by atoms with Gasteiger partial charge in [-0.1, -0.05) is 154 Å². The topological polar surface area (TPSA) is 0 Å². The molecule has 1 aliphatic rings. The van der Waals surface area contributed by atoms with Gasteiger partial charge in [0.25, 0.3) is 0 Å². The van der Waals surface area contributed by atoms with Crippen LogP contribution in [0.15, 0.2) is 121 Å². The summed E-state index contributed by atoms with van der Waals surface area (Å²) in [6.07, 6.45) is 0. The molecule has 168 valence electrons. The monoisotopic (exact) mass is 456 g/mol. The Morgan fingerprint density at radius 3 is 1.06 bits per heavy atom. The predicted molar refractivity (Wildman–Crippen MR) is 160 cm³/mol. The third kappa shape index (κ3) is 3.11. The summed E-state index contributed by atoms with van der Waals surface area (Å²) in [6.45, 7) is 5.03. The predicted octanol–water partition coefficient (Wildman–Crippen LogP) is 3.96. The van der Waals surface area contributed by atoms with Gasteiger partial charge < -0.3 is 0 Å². The smallest absolute Gasteiger partial charge is 0.0733 e. The number of fused-ring (bicyclic) bond motifs is 4. The SMILES string of the molecule is Cc1c(B2c3ccccc3B(c3ccc4ccccc4c3C)c3ccccc32)ccc2ccccc12. The first-order valence-electron chi connectivity index (χ1n) is 12.9. The average Bonchev–Trinajstić information content (AvgIpc) is 2.93. The molecule has 1 aliphatic heterocycles. The fourth-order valence-electron chi connectivity index (χ4n) is 6.59. The minimum Gasteiger partial charge on any atom is -0.0733 e. The second-order valence-corrected chi connectivity index (χ2v) is 10.1. The molecular formula is C34H26B2. The number of hydrogen-bond donors (Lipinski definition) is 0. The summed E-state index contributed by atoms with van der Waals surface area (Å²) in [5.41, 5.74) is 11.3. The molecule has 6 aromatic rings. The van der Waals surface area contributed by atoms with E-state index in [9.17, 15) is 0 Å². The average molecular weight is 456 g/mol. The molecule has 0 spiro atoms. The lowest BCUT2D eigenvalue weighted by Crippen LogP contribution is -2.75. The maximum atomic E-state index is 2.36. The molecule has 0 unspecified atom stereocenters. The molecule has 0 radical (unpaired) electrons. The van der Waals surface area contributed by atoms with Gasteiger partial charge in [0.2, 0.25) is 13.4 Å². The highest BCUT2D eigenvalue weighted by Crippen LogP contribution is 2.19. The van der Waals surface area contributed by atoms with Crippen LogP contribution < -0.4 is 32.8 Å². The van der Waals surface area contributed by atoms with Crippen LogP contribution in [0.4, 0.5) is 0 Å². The summed E-state index contributed by atoms with van der Waals surface area (Å²) in [4.78, 5) is 0. The van der Waals surface area contributed by atoms with E-state index in [2.05, 4.69) is 135 Å². The highest BCUT2D eigenvalue weighted by molar-refractivity contribution is 7.11. The first-order valence-corrected chi connectivity index (χ1v) is 12.9. The van der Waals surface area contributed by atoms with Crippen LogP contribution in [0.5, 0.6) is 0 Å². The zero-order chi connectivity index (χ0) is 24.2. The van der Waals surface area contributed by atoms with Gasteiger partial charge in [-0.2, -0.15) is 0 Å². The van der Waals surface area contributed by atoms with E-state index in [4.69, 9.17) is 0 Å². The van der Waals surface area contributed by atoms with Crippen molar-refractivity contribution in [1.82, 2.24) is 0 Å². The molecule has 0 saturated carbocycles. The quantitative estimate of drug-likeness (QED) is 0.346. The molecule has 0 amide bonds. The van der Waals surface area contributed by atoms with Crippen molar-refractivity contribution >= 4 is 67.7 Å². The fourth-order valence-corrected chi connectivity index (χ4v) is 6.59. The van der Waals surface area contributed by atoms with Gasteiger partial charge in [0.05, 0.1) is 0 Å². The van der Waals surface area contributed by atoms with Crippen LogP contribution in [0.3, 0.4) is 0 Å². The van der Waals surface area contributed by atoms with Gasteiger partial charge in [-0.05, 0) is 46.5 Å². The summed E-state index contributed by atoms with van der Waals surface area (Å²) in [6, 6.07) is 45.1. The minimum absolute atomic E-state index is 0.221. The van der Waals surface area contributed by atoms with E-state index < -0.39 is 0 Å². The molecule has 2 heteroatoms. The van der Waals surface area contributed by atoms with E-state index in [0.29, 0.717) is 0 Å². The molecule has 0 saturated heterocycles. The van der Waals surface area contributed by atoms with Crippen LogP contribution >= 0.6 is 0 Å².